The summed E-state index contributed by atoms with van der Waals surface area (Å²) >= 11 is 0. The van der Waals surface area contributed by atoms with Crippen LogP contribution >= 0.6 is 0 Å². The van der Waals surface area contributed by atoms with E-state index in [0.717, 1.165) is 18.5 Å². The Morgan fingerprint density at radius 2 is 1.68 bits per heavy atom. The second-order valence-corrected chi connectivity index (χ2v) is 8.38. The smallest absolute Gasteiger partial charge is 0.406 e. The van der Waals surface area contributed by atoms with Crippen molar-refractivity contribution in [2.45, 2.75) is 45.1 Å². The zero-order valence-electron chi connectivity index (χ0n) is 17.0. The normalized spacial score (nSPS) is 16.2. The van der Waals surface area contributed by atoms with Crippen LogP contribution in [0.1, 0.15) is 39.1 Å². The van der Waals surface area contributed by atoms with Crippen molar-refractivity contribution in [3.05, 3.63) is 36.4 Å². The molecule has 0 aliphatic carbocycles. The van der Waals surface area contributed by atoms with Gasteiger partial charge >= 0.3 is 12.9 Å². The summed E-state index contributed by atoms with van der Waals surface area (Å²) in [7, 11) is 0. The van der Waals surface area contributed by atoms with Gasteiger partial charge in [0.2, 0.25) is 0 Å². The van der Waals surface area contributed by atoms with Crippen molar-refractivity contribution in [3.63, 3.8) is 0 Å². The molecule has 3 heterocycles. The van der Waals surface area contributed by atoms with E-state index in [1.54, 1.807) is 0 Å². The lowest BCUT2D eigenvalue weighted by Crippen LogP contribution is -2.55. The van der Waals surface area contributed by atoms with Gasteiger partial charge in [0, 0.05) is 30.1 Å². The molecule has 6 nitrogen and oxygen atoms in total. The third-order valence-corrected chi connectivity index (χ3v) is 5.21. The lowest BCUT2D eigenvalue weighted by Gasteiger charge is -2.47. The number of likely N-dealkylation sites (tertiary alicyclic amines) is 1. The monoisotopic (exact) mass is 441 g/mol. The summed E-state index contributed by atoms with van der Waals surface area (Å²) in [5.74, 6) is -0.0306. The zero-order valence-corrected chi connectivity index (χ0v) is 17.0. The molecule has 1 aromatic carbocycles. The number of imidazole rings is 1. The fraction of sp³-hybridized carbons (Fsp3) is 0.450. The van der Waals surface area contributed by atoms with Gasteiger partial charge in [-0.2, -0.15) is 8.78 Å². The first kappa shape index (κ1) is 21.4. The standard InChI is InChI=1S/C20H20F5N5O/c1-19(2,3)29-8-12(9-29)16-27-14(15-17(28-16)30(10-26-15)18(21)22)11-4-6-13(7-5-11)31-20(23,24)25/h4-7,10,12,18H,8-9H2,1-3H3. The zero-order chi connectivity index (χ0) is 22.6. The molecule has 1 aliphatic heterocycles. The van der Waals surface area contributed by atoms with Gasteiger partial charge in [0.05, 0.1) is 0 Å². The molecule has 3 aromatic rings. The van der Waals surface area contributed by atoms with Crippen molar-refractivity contribution in [2.24, 2.45) is 0 Å². The first-order chi connectivity index (χ1) is 14.4. The van der Waals surface area contributed by atoms with Crippen LogP contribution < -0.4 is 4.74 Å². The minimum absolute atomic E-state index is 0.0140. The highest BCUT2D eigenvalue weighted by molar-refractivity contribution is 5.87. The molecule has 11 heteroatoms. The first-order valence-corrected chi connectivity index (χ1v) is 9.56. The quantitative estimate of drug-likeness (QED) is 0.535. The van der Waals surface area contributed by atoms with Crippen LogP contribution in [0.5, 0.6) is 5.75 Å². The van der Waals surface area contributed by atoms with Gasteiger partial charge < -0.3 is 4.74 Å². The highest BCUT2D eigenvalue weighted by Crippen LogP contribution is 2.35. The van der Waals surface area contributed by atoms with Gasteiger partial charge in [-0.3, -0.25) is 9.47 Å². The van der Waals surface area contributed by atoms with Crippen LogP contribution in [0.2, 0.25) is 0 Å². The number of hydrogen-bond acceptors (Lipinski definition) is 5. The molecule has 0 saturated carbocycles. The Balaban J connectivity index is 1.74. The molecule has 2 aromatic heterocycles. The van der Waals surface area contributed by atoms with Crippen molar-refractivity contribution in [2.75, 3.05) is 13.1 Å². The third-order valence-electron chi connectivity index (χ3n) is 5.21. The Morgan fingerprint density at radius 3 is 2.23 bits per heavy atom. The van der Waals surface area contributed by atoms with Gasteiger partial charge in [-0.1, -0.05) is 0 Å². The molecular weight excluding hydrogens is 421 g/mol. The van der Waals surface area contributed by atoms with E-state index in [4.69, 9.17) is 0 Å². The first-order valence-electron chi connectivity index (χ1n) is 9.56. The Hall–Kier alpha value is -2.82. The highest BCUT2D eigenvalue weighted by atomic mass is 19.4. The summed E-state index contributed by atoms with van der Waals surface area (Å²) in [6, 6.07) is 5.06. The fourth-order valence-electron chi connectivity index (χ4n) is 3.46. The molecule has 166 valence electrons. The summed E-state index contributed by atoms with van der Waals surface area (Å²) in [4.78, 5) is 15.2. The van der Waals surface area contributed by atoms with Crippen molar-refractivity contribution >= 4 is 11.2 Å². The second-order valence-electron chi connectivity index (χ2n) is 8.38. The predicted molar refractivity (Wildman–Crippen MR) is 103 cm³/mol. The number of rotatable bonds is 4. The van der Waals surface area contributed by atoms with E-state index in [9.17, 15) is 22.0 Å². The molecule has 0 atom stereocenters. The molecule has 1 saturated heterocycles. The molecule has 1 aliphatic rings. The number of halogens is 5. The Labute approximate surface area is 174 Å². The topological polar surface area (TPSA) is 56.1 Å². The van der Waals surface area contributed by atoms with E-state index < -0.39 is 12.9 Å². The van der Waals surface area contributed by atoms with E-state index in [1.165, 1.54) is 12.1 Å². The molecule has 31 heavy (non-hydrogen) atoms. The van der Waals surface area contributed by atoms with Crippen LogP contribution in [0.15, 0.2) is 30.6 Å². The van der Waals surface area contributed by atoms with E-state index in [0.29, 0.717) is 29.0 Å². The number of fused-ring (bicyclic) bond motifs is 1. The Kier molecular flexibility index (Phi) is 5.11. The maximum Gasteiger partial charge on any atom is 0.573 e. The molecule has 1 fully saturated rings. The predicted octanol–water partition coefficient (Wildman–Crippen LogP) is 4.98. The largest absolute Gasteiger partial charge is 0.573 e. The molecule has 0 N–H and O–H groups in total. The maximum atomic E-state index is 13.5. The number of benzene rings is 1. The summed E-state index contributed by atoms with van der Waals surface area (Å²) in [6.45, 7) is 4.75. The minimum atomic E-state index is -4.81. The summed E-state index contributed by atoms with van der Waals surface area (Å²) in [5, 5.41) is 0. The van der Waals surface area contributed by atoms with E-state index >= 15 is 0 Å². The van der Waals surface area contributed by atoms with Crippen molar-refractivity contribution < 1.29 is 26.7 Å². The van der Waals surface area contributed by atoms with Crippen LogP contribution in [0, 0.1) is 0 Å². The summed E-state index contributed by atoms with van der Waals surface area (Å²) in [5.41, 5.74) is 0.810. The molecular formula is C20H20F5N5O. The van der Waals surface area contributed by atoms with Gasteiger partial charge in [0.25, 0.3) is 0 Å². The van der Waals surface area contributed by atoms with Crippen LogP contribution in [0.3, 0.4) is 0 Å². The number of nitrogens with zero attached hydrogens (tertiary/aromatic N) is 5. The highest BCUT2D eigenvalue weighted by Gasteiger charge is 2.37. The number of ether oxygens (including phenoxy) is 1. The average molecular weight is 441 g/mol. The molecule has 0 unspecified atom stereocenters. The minimum Gasteiger partial charge on any atom is -0.406 e. The fourth-order valence-corrected chi connectivity index (χ4v) is 3.46. The van der Waals surface area contributed by atoms with Gasteiger partial charge in [0.15, 0.2) is 5.65 Å². The van der Waals surface area contributed by atoms with Crippen LogP contribution in [0.4, 0.5) is 22.0 Å². The van der Waals surface area contributed by atoms with Crippen LogP contribution in [-0.4, -0.2) is 49.4 Å². The molecule has 4 rings (SSSR count). The molecule has 0 bridgehead atoms. The van der Waals surface area contributed by atoms with Crippen molar-refractivity contribution in [1.29, 1.82) is 0 Å². The van der Waals surface area contributed by atoms with Gasteiger partial charge in [-0.05, 0) is 45.0 Å². The second kappa shape index (κ2) is 7.40. The van der Waals surface area contributed by atoms with E-state index in [1.807, 2.05) is 0 Å². The number of hydrogen-bond donors (Lipinski definition) is 0. The lowest BCUT2D eigenvalue weighted by atomic mass is 9.91. The Morgan fingerprint density at radius 1 is 1.03 bits per heavy atom. The van der Waals surface area contributed by atoms with Gasteiger partial charge in [-0.25, -0.2) is 15.0 Å². The maximum absolute atomic E-state index is 13.5. The van der Waals surface area contributed by atoms with Crippen LogP contribution in [0.25, 0.3) is 22.4 Å². The van der Waals surface area contributed by atoms with Gasteiger partial charge in [-0.15, -0.1) is 13.2 Å². The van der Waals surface area contributed by atoms with Crippen molar-refractivity contribution in [1.82, 2.24) is 24.4 Å². The van der Waals surface area contributed by atoms with E-state index in [-0.39, 0.29) is 34.1 Å². The number of aromatic nitrogens is 4. The SMILES string of the molecule is CC(C)(C)N1CC(c2nc(-c3ccc(OC(F)(F)F)cc3)c3ncn(C(F)F)c3n2)C1. The van der Waals surface area contributed by atoms with Crippen LogP contribution in [-0.2, 0) is 0 Å². The van der Waals surface area contributed by atoms with Crippen molar-refractivity contribution in [3.8, 4) is 17.0 Å². The Bertz CT molecular complexity index is 1080. The summed E-state index contributed by atoms with van der Waals surface area (Å²) < 4.78 is 68.7. The summed E-state index contributed by atoms with van der Waals surface area (Å²) in [6.07, 6.45) is -3.82. The molecule has 0 spiro atoms. The van der Waals surface area contributed by atoms with E-state index in [2.05, 4.69) is 45.4 Å². The number of alkyl halides is 5. The lowest BCUT2D eigenvalue weighted by molar-refractivity contribution is -0.274. The molecule has 0 amide bonds. The molecule has 0 radical (unpaired) electrons. The van der Waals surface area contributed by atoms with Gasteiger partial charge in [0.1, 0.15) is 29.1 Å². The average Bonchev–Trinajstić information content (AvgIpc) is 3.02. The third kappa shape index (κ3) is 4.32.